The van der Waals surface area contributed by atoms with Crippen LogP contribution in [-0.2, 0) is 4.79 Å². The smallest absolute Gasteiger partial charge is 0.230 e. The predicted octanol–water partition coefficient (Wildman–Crippen LogP) is 3.32. The van der Waals surface area contributed by atoms with E-state index in [1.807, 2.05) is 21.1 Å². The molecule has 1 aromatic rings. The van der Waals surface area contributed by atoms with E-state index in [0.29, 0.717) is 12.5 Å². The Morgan fingerprint density at radius 3 is 2.52 bits per heavy atom. The van der Waals surface area contributed by atoms with Crippen LogP contribution in [-0.4, -0.2) is 62.4 Å². The fourth-order valence-electron chi connectivity index (χ4n) is 4.52. The van der Waals surface area contributed by atoms with Crippen molar-refractivity contribution in [3.05, 3.63) is 35.9 Å². The minimum atomic E-state index is -0.266. The maximum Gasteiger partial charge on any atom is 0.230 e. The average molecular weight is 484 g/mol. The van der Waals surface area contributed by atoms with Crippen LogP contribution in [0.15, 0.2) is 35.3 Å². The summed E-state index contributed by atoms with van der Waals surface area (Å²) in [4.78, 5) is 21.3. The Balaban J connectivity index is 0.00000261. The first-order valence-electron chi connectivity index (χ1n) is 9.78. The first-order valence-corrected chi connectivity index (χ1v) is 9.78. The van der Waals surface area contributed by atoms with Crippen molar-refractivity contribution in [2.45, 2.75) is 38.0 Å². The van der Waals surface area contributed by atoms with E-state index in [-0.39, 0.29) is 35.3 Å². The molecule has 1 aromatic carbocycles. The molecule has 27 heavy (non-hydrogen) atoms. The Morgan fingerprint density at radius 1 is 1.26 bits per heavy atom. The molecular weight excluding hydrogens is 451 g/mol. The van der Waals surface area contributed by atoms with Crippen LogP contribution in [0.5, 0.6) is 0 Å². The van der Waals surface area contributed by atoms with Gasteiger partial charge in [0.15, 0.2) is 5.96 Å². The standard InChI is InChI=1S/C21H32N4O.HI/c1-22-20(23-16-21(12-7-8-13-21)19(26)24(2)3)25-14-11-18(15-25)17-9-5-4-6-10-17;/h4-6,9-10,18H,7-8,11-16H2,1-3H3,(H,22,23);1H. The van der Waals surface area contributed by atoms with Crippen molar-refractivity contribution in [3.8, 4) is 0 Å². The van der Waals surface area contributed by atoms with Gasteiger partial charge in [-0.25, -0.2) is 0 Å². The molecule has 1 unspecified atom stereocenters. The zero-order chi connectivity index (χ0) is 18.6. The first-order chi connectivity index (χ1) is 12.6. The Morgan fingerprint density at radius 2 is 1.93 bits per heavy atom. The SMILES string of the molecule is CN=C(NCC1(C(=O)N(C)C)CCCC1)N1CCC(c2ccccc2)C1.I. The molecule has 1 N–H and O–H groups in total. The van der Waals surface area contributed by atoms with E-state index in [0.717, 1.165) is 51.2 Å². The van der Waals surface area contributed by atoms with Gasteiger partial charge in [0.1, 0.15) is 0 Å². The van der Waals surface area contributed by atoms with E-state index in [9.17, 15) is 4.79 Å². The van der Waals surface area contributed by atoms with Gasteiger partial charge in [-0.2, -0.15) is 0 Å². The van der Waals surface area contributed by atoms with Crippen molar-refractivity contribution in [2.24, 2.45) is 10.4 Å². The van der Waals surface area contributed by atoms with Gasteiger partial charge in [0.05, 0.1) is 5.41 Å². The van der Waals surface area contributed by atoms with Gasteiger partial charge in [-0.1, -0.05) is 43.2 Å². The largest absolute Gasteiger partial charge is 0.355 e. The lowest BCUT2D eigenvalue weighted by molar-refractivity contribution is -0.138. The number of aliphatic imine (C=N–C) groups is 1. The minimum Gasteiger partial charge on any atom is -0.355 e. The third kappa shape index (κ3) is 4.95. The molecule has 3 rings (SSSR count). The molecule has 1 saturated heterocycles. The highest BCUT2D eigenvalue weighted by atomic mass is 127. The highest BCUT2D eigenvalue weighted by molar-refractivity contribution is 14.0. The van der Waals surface area contributed by atoms with Gasteiger partial charge < -0.3 is 15.1 Å². The van der Waals surface area contributed by atoms with E-state index >= 15 is 0 Å². The van der Waals surface area contributed by atoms with Gasteiger partial charge in [0.2, 0.25) is 5.91 Å². The second kappa shape index (κ2) is 9.75. The number of carbonyl (C=O) groups excluding carboxylic acids is 1. The molecule has 1 heterocycles. The van der Waals surface area contributed by atoms with Crippen molar-refractivity contribution in [1.82, 2.24) is 15.1 Å². The third-order valence-electron chi connectivity index (χ3n) is 5.98. The molecule has 5 nitrogen and oxygen atoms in total. The lowest BCUT2D eigenvalue weighted by Gasteiger charge is -2.32. The number of likely N-dealkylation sites (tertiary alicyclic amines) is 1. The predicted molar refractivity (Wildman–Crippen MR) is 122 cm³/mol. The summed E-state index contributed by atoms with van der Waals surface area (Å²) in [7, 11) is 5.57. The van der Waals surface area contributed by atoms with Crippen LogP contribution in [0.1, 0.15) is 43.6 Å². The molecule has 1 aliphatic heterocycles. The van der Waals surface area contributed by atoms with Crippen molar-refractivity contribution in [1.29, 1.82) is 0 Å². The highest BCUT2D eigenvalue weighted by Crippen LogP contribution is 2.39. The molecule has 1 saturated carbocycles. The van der Waals surface area contributed by atoms with Crippen LogP contribution in [0.3, 0.4) is 0 Å². The maximum atomic E-state index is 12.8. The van der Waals surface area contributed by atoms with E-state index in [4.69, 9.17) is 0 Å². The van der Waals surface area contributed by atoms with Crippen molar-refractivity contribution in [3.63, 3.8) is 0 Å². The Bertz CT molecular complexity index is 641. The third-order valence-corrected chi connectivity index (χ3v) is 5.98. The lowest BCUT2D eigenvalue weighted by Crippen LogP contribution is -2.49. The number of nitrogens with one attached hydrogen (secondary N) is 1. The molecular formula is C21H33IN4O. The van der Waals surface area contributed by atoms with Crippen LogP contribution in [0.4, 0.5) is 0 Å². The van der Waals surface area contributed by atoms with Crippen molar-refractivity contribution >= 4 is 35.8 Å². The van der Waals surface area contributed by atoms with E-state index in [1.165, 1.54) is 5.56 Å². The maximum absolute atomic E-state index is 12.8. The van der Waals surface area contributed by atoms with E-state index < -0.39 is 0 Å². The summed E-state index contributed by atoms with van der Waals surface area (Å²) in [6.45, 7) is 2.68. The number of hydrogen-bond acceptors (Lipinski definition) is 2. The number of amides is 1. The molecule has 0 bridgehead atoms. The number of guanidine groups is 1. The molecule has 1 atom stereocenters. The summed E-state index contributed by atoms with van der Waals surface area (Å²) in [6.07, 6.45) is 5.37. The van der Waals surface area contributed by atoms with E-state index in [1.54, 1.807) is 4.90 Å². The normalized spacial score (nSPS) is 21.7. The summed E-state index contributed by atoms with van der Waals surface area (Å²) < 4.78 is 0. The lowest BCUT2D eigenvalue weighted by atomic mass is 9.84. The molecule has 6 heteroatoms. The van der Waals surface area contributed by atoms with Crippen LogP contribution < -0.4 is 5.32 Å². The van der Waals surface area contributed by atoms with Crippen LogP contribution in [0.25, 0.3) is 0 Å². The second-order valence-electron chi connectivity index (χ2n) is 7.93. The van der Waals surface area contributed by atoms with E-state index in [2.05, 4.69) is 45.5 Å². The molecule has 1 aliphatic carbocycles. The van der Waals surface area contributed by atoms with Gasteiger partial charge in [-0.05, 0) is 24.8 Å². The Labute approximate surface area is 180 Å². The molecule has 0 spiro atoms. The van der Waals surface area contributed by atoms with Crippen LogP contribution in [0, 0.1) is 5.41 Å². The fourth-order valence-corrected chi connectivity index (χ4v) is 4.52. The first kappa shape index (κ1) is 22.0. The molecule has 0 aromatic heterocycles. The summed E-state index contributed by atoms with van der Waals surface area (Å²) in [6, 6.07) is 10.7. The molecule has 2 aliphatic rings. The van der Waals surface area contributed by atoms with Crippen molar-refractivity contribution < 1.29 is 4.79 Å². The van der Waals surface area contributed by atoms with Crippen LogP contribution >= 0.6 is 24.0 Å². The number of halogens is 1. The number of nitrogens with zero attached hydrogens (tertiary/aromatic N) is 3. The minimum absolute atomic E-state index is 0. The van der Waals surface area contributed by atoms with Gasteiger partial charge in [0, 0.05) is 46.7 Å². The average Bonchev–Trinajstić information content (AvgIpc) is 3.33. The van der Waals surface area contributed by atoms with Gasteiger partial charge in [-0.15, -0.1) is 24.0 Å². The zero-order valence-electron chi connectivity index (χ0n) is 16.8. The zero-order valence-corrected chi connectivity index (χ0v) is 19.1. The van der Waals surface area contributed by atoms with Crippen LogP contribution in [0.2, 0.25) is 0 Å². The number of carbonyl (C=O) groups is 1. The quantitative estimate of drug-likeness (QED) is 0.406. The summed E-state index contributed by atoms with van der Waals surface area (Å²) >= 11 is 0. The Kier molecular flexibility index (Phi) is 7.94. The summed E-state index contributed by atoms with van der Waals surface area (Å²) in [5.41, 5.74) is 1.14. The number of hydrogen-bond donors (Lipinski definition) is 1. The fraction of sp³-hybridized carbons (Fsp3) is 0.619. The van der Waals surface area contributed by atoms with Gasteiger partial charge in [0.25, 0.3) is 0 Å². The number of benzene rings is 1. The highest BCUT2D eigenvalue weighted by Gasteiger charge is 2.42. The van der Waals surface area contributed by atoms with Crippen molar-refractivity contribution in [2.75, 3.05) is 40.8 Å². The molecule has 2 fully saturated rings. The molecule has 1 amide bonds. The Hall–Kier alpha value is -1.31. The van der Waals surface area contributed by atoms with Gasteiger partial charge >= 0.3 is 0 Å². The monoisotopic (exact) mass is 484 g/mol. The second-order valence-corrected chi connectivity index (χ2v) is 7.93. The topological polar surface area (TPSA) is 47.9 Å². The summed E-state index contributed by atoms with van der Waals surface area (Å²) in [5.74, 6) is 1.74. The van der Waals surface area contributed by atoms with Gasteiger partial charge in [-0.3, -0.25) is 9.79 Å². The number of rotatable bonds is 4. The molecule has 0 radical (unpaired) electrons. The molecule has 150 valence electrons. The summed E-state index contributed by atoms with van der Waals surface area (Å²) in [5, 5.41) is 3.53.